The fourth-order valence-electron chi connectivity index (χ4n) is 4.92. The van der Waals surface area contributed by atoms with E-state index < -0.39 is 52.2 Å². The molecule has 0 radical (unpaired) electrons. The predicted molar refractivity (Wildman–Crippen MR) is 137 cm³/mol. The van der Waals surface area contributed by atoms with Gasteiger partial charge >= 0.3 is 15.2 Å². The summed E-state index contributed by atoms with van der Waals surface area (Å²) >= 11 is 6.27. The number of halogens is 1. The van der Waals surface area contributed by atoms with E-state index in [4.69, 9.17) is 30.6 Å². The third-order valence-corrected chi connectivity index (χ3v) is 11.0. The Morgan fingerprint density at radius 2 is 1.95 bits per heavy atom. The summed E-state index contributed by atoms with van der Waals surface area (Å²) in [4.78, 5) is 28.9. The number of aryl methyl sites for hydroxylation is 1. The van der Waals surface area contributed by atoms with Crippen molar-refractivity contribution in [3.8, 4) is 0 Å². The molecule has 1 aromatic carbocycles. The van der Waals surface area contributed by atoms with Crippen LogP contribution >= 0.6 is 26.8 Å². The monoisotopic (exact) mass is 604 g/mol. The molecule has 1 aliphatic carbocycles. The molecule has 1 unspecified atom stereocenters. The van der Waals surface area contributed by atoms with Crippen LogP contribution in [0.2, 0.25) is 5.28 Å². The van der Waals surface area contributed by atoms with Crippen LogP contribution in [0.3, 0.4) is 0 Å². The molecule has 0 spiro atoms. The van der Waals surface area contributed by atoms with Crippen molar-refractivity contribution in [2.45, 2.75) is 43.4 Å². The highest BCUT2D eigenvalue weighted by molar-refractivity contribution is 7.70. The Balaban J connectivity index is 1.40. The normalized spacial score (nSPS) is 26.6. The Kier molecular flexibility index (Phi) is 7.85. The maximum atomic E-state index is 12.6. The summed E-state index contributed by atoms with van der Waals surface area (Å²) in [5.74, 6) is -0.736. The largest absolute Gasteiger partial charge is 0.387 e. The molecule has 0 bridgehead atoms. The van der Waals surface area contributed by atoms with Gasteiger partial charge in [0.25, 0.3) is 0 Å². The molecule has 18 heteroatoms. The molecule has 3 heterocycles. The lowest BCUT2D eigenvalue weighted by Crippen LogP contribution is -2.34. The van der Waals surface area contributed by atoms with Crippen molar-refractivity contribution in [2.75, 3.05) is 31.6 Å². The molecule has 212 valence electrons. The SMILES string of the molecule is COP(=O)(CP(=O)(O)O)OC[C@H]1O[C@@H](n2nnc3c(N(C)[C@@H]4CCc5ccccc54)nc(Cl)nc32)[C@H](O)[C@@H]1O. The van der Waals surface area contributed by atoms with Crippen molar-refractivity contribution < 1.29 is 42.9 Å². The second-order valence-corrected chi connectivity index (χ2v) is 14.0. The number of anilines is 1. The third kappa shape index (κ3) is 5.62. The van der Waals surface area contributed by atoms with Crippen LogP contribution in [0, 0.1) is 0 Å². The lowest BCUT2D eigenvalue weighted by molar-refractivity contribution is -0.0552. The molecule has 2 aromatic heterocycles. The van der Waals surface area contributed by atoms with E-state index >= 15 is 0 Å². The number of aliphatic hydroxyl groups excluding tert-OH is 2. The lowest BCUT2D eigenvalue weighted by atomic mass is 10.1. The van der Waals surface area contributed by atoms with Crippen LogP contribution < -0.4 is 4.90 Å². The maximum absolute atomic E-state index is 12.6. The summed E-state index contributed by atoms with van der Waals surface area (Å²) in [5, 5.41) is 29.5. The van der Waals surface area contributed by atoms with Crippen molar-refractivity contribution in [3.05, 3.63) is 40.7 Å². The van der Waals surface area contributed by atoms with Gasteiger partial charge in [0, 0.05) is 14.2 Å². The smallest absolute Gasteiger partial charge is 0.342 e. The standard InChI is InChI=1S/C21H27ClN6O9P2/c1-27(13-8-7-11-5-3-4-6-12(11)13)18-15-19(24-21(22)23-18)28(26-25-15)20-17(30)16(29)14(37-20)9-36-39(34,35-2)10-38(31,32)33/h3-6,13-14,16-17,20,29-30H,7-10H2,1-2H3,(H2,31,32,33)/t13-,14-,16-,17-,20-,39?/m1/s1. The molecule has 15 nitrogen and oxygen atoms in total. The fourth-order valence-corrected chi connectivity index (χ4v) is 8.16. The average molecular weight is 605 g/mol. The van der Waals surface area contributed by atoms with Crippen molar-refractivity contribution in [1.82, 2.24) is 25.0 Å². The molecule has 0 saturated carbocycles. The van der Waals surface area contributed by atoms with Crippen LogP contribution in [-0.4, -0.2) is 89.9 Å². The summed E-state index contributed by atoms with van der Waals surface area (Å²) in [5.41, 5.74) is 2.85. The lowest BCUT2D eigenvalue weighted by Gasteiger charge is -2.26. The topological polar surface area (TPSA) is 202 Å². The Morgan fingerprint density at radius 1 is 1.21 bits per heavy atom. The predicted octanol–water partition coefficient (Wildman–Crippen LogP) is 1.61. The third-order valence-electron chi connectivity index (χ3n) is 6.83. The number of rotatable bonds is 9. The number of ether oxygens (including phenoxy) is 1. The minimum Gasteiger partial charge on any atom is -0.387 e. The molecule has 1 aliphatic heterocycles. The van der Waals surface area contributed by atoms with E-state index in [2.05, 4.69) is 36.9 Å². The molecule has 4 N–H and O–H groups in total. The first-order valence-electron chi connectivity index (χ1n) is 11.9. The van der Waals surface area contributed by atoms with E-state index in [9.17, 15) is 19.3 Å². The van der Waals surface area contributed by atoms with Crippen molar-refractivity contribution in [3.63, 3.8) is 0 Å². The fraction of sp³-hybridized carbons (Fsp3) is 0.524. The average Bonchev–Trinajstić information content (AvgIpc) is 3.57. The molecule has 0 amide bonds. The van der Waals surface area contributed by atoms with Gasteiger partial charge < -0.3 is 38.7 Å². The van der Waals surface area contributed by atoms with Gasteiger partial charge in [0.15, 0.2) is 29.1 Å². The molecular formula is C21H27ClN6O9P2. The quantitative estimate of drug-likeness (QED) is 0.202. The molecule has 1 fully saturated rings. The zero-order valence-corrected chi connectivity index (χ0v) is 23.4. The van der Waals surface area contributed by atoms with Gasteiger partial charge in [-0.2, -0.15) is 14.6 Å². The molecule has 39 heavy (non-hydrogen) atoms. The van der Waals surface area contributed by atoms with Crippen LogP contribution in [-0.2, 0) is 29.3 Å². The Bertz CT molecular complexity index is 1470. The van der Waals surface area contributed by atoms with Gasteiger partial charge in [-0.05, 0) is 35.6 Å². The van der Waals surface area contributed by atoms with Gasteiger partial charge in [0.05, 0.1) is 12.6 Å². The zero-order valence-electron chi connectivity index (χ0n) is 20.8. The van der Waals surface area contributed by atoms with Gasteiger partial charge in [-0.3, -0.25) is 9.13 Å². The second kappa shape index (κ2) is 10.7. The summed E-state index contributed by atoms with van der Waals surface area (Å²) in [6, 6.07) is 8.14. The first-order valence-corrected chi connectivity index (χ1v) is 15.8. The Hall–Kier alpha value is -2.03. The van der Waals surface area contributed by atoms with Crippen LogP contribution in [0.4, 0.5) is 5.82 Å². The van der Waals surface area contributed by atoms with E-state index in [1.54, 1.807) is 0 Å². The van der Waals surface area contributed by atoms with E-state index in [0.717, 1.165) is 24.6 Å². The molecule has 3 aromatic rings. The minimum absolute atomic E-state index is 0.0156. The Labute approximate surface area is 227 Å². The molecule has 2 aliphatic rings. The first-order chi connectivity index (χ1) is 18.4. The minimum atomic E-state index is -4.73. The highest BCUT2D eigenvalue weighted by Crippen LogP contribution is 2.58. The number of aromatic nitrogens is 5. The zero-order chi connectivity index (χ0) is 28.1. The molecule has 5 rings (SSSR count). The number of nitrogens with zero attached hydrogens (tertiary/aromatic N) is 6. The van der Waals surface area contributed by atoms with Crippen molar-refractivity contribution in [1.29, 1.82) is 0 Å². The summed E-state index contributed by atoms with van der Waals surface area (Å²) in [7, 11) is -6.10. The van der Waals surface area contributed by atoms with Crippen molar-refractivity contribution in [2.24, 2.45) is 0 Å². The summed E-state index contributed by atoms with van der Waals surface area (Å²) in [6.45, 7) is -0.600. The Morgan fingerprint density at radius 3 is 2.67 bits per heavy atom. The van der Waals surface area contributed by atoms with Crippen LogP contribution in [0.5, 0.6) is 0 Å². The van der Waals surface area contributed by atoms with Gasteiger partial charge in [-0.25, -0.2) is 0 Å². The van der Waals surface area contributed by atoms with Crippen LogP contribution in [0.15, 0.2) is 24.3 Å². The molecular weight excluding hydrogens is 578 g/mol. The molecule has 1 saturated heterocycles. The number of benzene rings is 1. The first kappa shape index (κ1) is 28.5. The highest BCUT2D eigenvalue weighted by atomic mass is 35.5. The summed E-state index contributed by atoms with van der Waals surface area (Å²) < 4.78 is 40.5. The molecule has 6 atom stereocenters. The highest BCUT2D eigenvalue weighted by Gasteiger charge is 2.47. The van der Waals surface area contributed by atoms with E-state index in [1.807, 2.05) is 24.1 Å². The van der Waals surface area contributed by atoms with Gasteiger partial charge in [0.1, 0.15) is 18.3 Å². The van der Waals surface area contributed by atoms with E-state index in [1.165, 1.54) is 11.1 Å². The summed E-state index contributed by atoms with van der Waals surface area (Å²) in [6.07, 6.45) is -3.85. The van der Waals surface area contributed by atoms with E-state index in [-0.39, 0.29) is 17.0 Å². The van der Waals surface area contributed by atoms with Crippen LogP contribution in [0.1, 0.15) is 29.8 Å². The number of hydrogen-bond acceptors (Lipinski definition) is 12. The number of hydrogen-bond donors (Lipinski definition) is 4. The maximum Gasteiger partial charge on any atom is 0.342 e. The van der Waals surface area contributed by atoms with Gasteiger partial charge in [-0.1, -0.05) is 29.5 Å². The van der Waals surface area contributed by atoms with Crippen molar-refractivity contribution >= 4 is 43.8 Å². The number of aliphatic hydroxyl groups is 2. The van der Waals surface area contributed by atoms with Crippen LogP contribution in [0.25, 0.3) is 11.2 Å². The van der Waals surface area contributed by atoms with Gasteiger partial charge in [-0.15, -0.1) is 5.10 Å². The van der Waals surface area contributed by atoms with E-state index in [0.29, 0.717) is 11.3 Å². The van der Waals surface area contributed by atoms with Gasteiger partial charge in [0.2, 0.25) is 5.28 Å². The second-order valence-electron chi connectivity index (χ2n) is 9.33. The number of fused-ring (bicyclic) bond motifs is 2.